The van der Waals surface area contributed by atoms with E-state index in [1.54, 1.807) is 12.1 Å². The van der Waals surface area contributed by atoms with Crippen molar-refractivity contribution < 1.29 is 4.39 Å². The second-order valence-electron chi connectivity index (χ2n) is 5.91. The Labute approximate surface area is 145 Å². The lowest BCUT2D eigenvalue weighted by Crippen LogP contribution is -1.99. The molecule has 0 aliphatic carbocycles. The maximum atomic E-state index is 13.2. The maximum absolute atomic E-state index is 13.2. The van der Waals surface area contributed by atoms with Crippen molar-refractivity contribution in [3.05, 3.63) is 84.2 Å². The Hall–Kier alpha value is -3.27. The van der Waals surface area contributed by atoms with E-state index in [1.807, 2.05) is 48.5 Å². The fourth-order valence-corrected chi connectivity index (χ4v) is 2.67. The minimum absolute atomic E-state index is 0.275. The lowest BCUT2D eigenvalue weighted by atomic mass is 10.1. The highest BCUT2D eigenvalue weighted by Crippen LogP contribution is 2.27. The topological polar surface area (TPSA) is 37.8 Å². The molecule has 0 spiro atoms. The van der Waals surface area contributed by atoms with Crippen LogP contribution in [-0.2, 0) is 0 Å². The number of anilines is 2. The number of benzene rings is 3. The van der Waals surface area contributed by atoms with E-state index >= 15 is 0 Å². The number of halogens is 1. The van der Waals surface area contributed by atoms with E-state index in [-0.39, 0.29) is 5.82 Å². The quantitative estimate of drug-likeness (QED) is 0.540. The summed E-state index contributed by atoms with van der Waals surface area (Å²) >= 11 is 0. The lowest BCUT2D eigenvalue weighted by Gasteiger charge is -2.11. The summed E-state index contributed by atoms with van der Waals surface area (Å²) < 4.78 is 13.2. The predicted octanol–water partition coefficient (Wildman–Crippen LogP) is 5.49. The molecule has 0 unspecified atom stereocenters. The number of aryl methyl sites for hydroxylation is 1. The normalized spacial score (nSPS) is 10.8. The molecule has 1 heterocycles. The molecule has 3 aromatic carbocycles. The first-order chi connectivity index (χ1) is 12.2. The number of hydrogen-bond donors (Lipinski definition) is 1. The summed E-state index contributed by atoms with van der Waals surface area (Å²) in [7, 11) is 0. The number of aromatic nitrogens is 2. The summed E-state index contributed by atoms with van der Waals surface area (Å²) in [6.45, 7) is 2.05. The molecule has 25 heavy (non-hydrogen) atoms. The molecule has 0 saturated carbocycles. The van der Waals surface area contributed by atoms with Gasteiger partial charge in [-0.25, -0.2) is 14.4 Å². The van der Waals surface area contributed by atoms with Crippen LogP contribution in [0.4, 0.5) is 15.9 Å². The minimum atomic E-state index is -0.275. The Morgan fingerprint density at radius 1 is 0.800 bits per heavy atom. The van der Waals surface area contributed by atoms with Gasteiger partial charge in [-0.2, -0.15) is 0 Å². The molecule has 3 nitrogen and oxygen atoms in total. The van der Waals surface area contributed by atoms with Crippen LogP contribution < -0.4 is 5.32 Å². The zero-order valence-electron chi connectivity index (χ0n) is 13.7. The standard InChI is InChI=1S/C21H16FN3/c1-14-6-12-17(13-7-14)23-21-18-4-2-3-5-19(18)24-20(25-21)15-8-10-16(22)11-9-15/h2-13H,1H3,(H,23,24,25). The summed E-state index contributed by atoms with van der Waals surface area (Å²) in [4.78, 5) is 9.29. The van der Waals surface area contributed by atoms with Crippen molar-refractivity contribution in [2.24, 2.45) is 0 Å². The lowest BCUT2D eigenvalue weighted by molar-refractivity contribution is 0.628. The van der Waals surface area contributed by atoms with Gasteiger partial charge in [-0.05, 0) is 55.5 Å². The Bertz CT molecular complexity index is 1030. The third-order valence-electron chi connectivity index (χ3n) is 4.02. The molecule has 122 valence electrons. The van der Waals surface area contributed by atoms with Crippen LogP contribution >= 0.6 is 0 Å². The van der Waals surface area contributed by atoms with Crippen molar-refractivity contribution in [2.75, 3.05) is 5.32 Å². The highest BCUT2D eigenvalue weighted by Gasteiger charge is 2.09. The molecule has 1 N–H and O–H groups in total. The molecule has 0 aliphatic rings. The summed E-state index contributed by atoms with van der Waals surface area (Å²) in [5, 5.41) is 4.31. The van der Waals surface area contributed by atoms with Gasteiger partial charge in [-0.3, -0.25) is 0 Å². The van der Waals surface area contributed by atoms with Gasteiger partial charge in [0.15, 0.2) is 5.82 Å². The van der Waals surface area contributed by atoms with Gasteiger partial charge in [0.2, 0.25) is 0 Å². The molecule has 4 heteroatoms. The zero-order chi connectivity index (χ0) is 17.2. The van der Waals surface area contributed by atoms with E-state index in [0.29, 0.717) is 5.82 Å². The Kier molecular flexibility index (Phi) is 3.86. The second-order valence-corrected chi connectivity index (χ2v) is 5.91. The number of para-hydroxylation sites is 1. The van der Waals surface area contributed by atoms with Crippen LogP contribution in [-0.4, -0.2) is 9.97 Å². The molecule has 0 saturated heterocycles. The van der Waals surface area contributed by atoms with Crippen LogP contribution in [0.3, 0.4) is 0 Å². The molecule has 0 atom stereocenters. The van der Waals surface area contributed by atoms with Crippen LogP contribution in [0.1, 0.15) is 5.56 Å². The minimum Gasteiger partial charge on any atom is -0.340 e. The second kappa shape index (κ2) is 6.32. The van der Waals surface area contributed by atoms with E-state index in [9.17, 15) is 4.39 Å². The van der Waals surface area contributed by atoms with Crippen molar-refractivity contribution in [3.8, 4) is 11.4 Å². The fourth-order valence-electron chi connectivity index (χ4n) is 2.67. The summed E-state index contributed by atoms with van der Waals surface area (Å²) in [5.74, 6) is 1.02. The summed E-state index contributed by atoms with van der Waals surface area (Å²) in [6.07, 6.45) is 0. The van der Waals surface area contributed by atoms with E-state index in [4.69, 9.17) is 0 Å². The van der Waals surface area contributed by atoms with Crippen molar-refractivity contribution in [1.29, 1.82) is 0 Å². The van der Waals surface area contributed by atoms with Crippen LogP contribution in [0, 0.1) is 12.7 Å². The summed E-state index contributed by atoms with van der Waals surface area (Å²) in [5.41, 5.74) is 3.77. The molecule has 0 radical (unpaired) electrons. The van der Waals surface area contributed by atoms with Crippen molar-refractivity contribution in [2.45, 2.75) is 6.92 Å². The smallest absolute Gasteiger partial charge is 0.162 e. The van der Waals surface area contributed by atoms with E-state index in [2.05, 4.69) is 22.2 Å². The first-order valence-electron chi connectivity index (χ1n) is 8.05. The average Bonchev–Trinajstić information content (AvgIpc) is 2.64. The van der Waals surface area contributed by atoms with Gasteiger partial charge < -0.3 is 5.32 Å². The number of hydrogen-bond acceptors (Lipinski definition) is 3. The molecular formula is C21H16FN3. The molecule has 0 amide bonds. The maximum Gasteiger partial charge on any atom is 0.162 e. The predicted molar refractivity (Wildman–Crippen MR) is 99.4 cm³/mol. The average molecular weight is 329 g/mol. The van der Waals surface area contributed by atoms with Crippen molar-refractivity contribution >= 4 is 22.4 Å². The van der Waals surface area contributed by atoms with Gasteiger partial charge in [0.25, 0.3) is 0 Å². The van der Waals surface area contributed by atoms with Gasteiger partial charge in [-0.1, -0.05) is 29.8 Å². The highest BCUT2D eigenvalue weighted by atomic mass is 19.1. The number of nitrogens with zero attached hydrogens (tertiary/aromatic N) is 2. The number of rotatable bonds is 3. The zero-order valence-corrected chi connectivity index (χ0v) is 13.7. The molecule has 0 fully saturated rings. The third kappa shape index (κ3) is 3.19. The first kappa shape index (κ1) is 15.3. The van der Waals surface area contributed by atoms with Gasteiger partial charge in [0.1, 0.15) is 11.6 Å². The van der Waals surface area contributed by atoms with Gasteiger partial charge in [-0.15, -0.1) is 0 Å². The van der Waals surface area contributed by atoms with E-state index in [1.165, 1.54) is 17.7 Å². The van der Waals surface area contributed by atoms with Crippen LogP contribution in [0.5, 0.6) is 0 Å². The molecule has 4 aromatic rings. The monoisotopic (exact) mass is 329 g/mol. The van der Waals surface area contributed by atoms with Crippen molar-refractivity contribution in [1.82, 2.24) is 9.97 Å². The number of fused-ring (bicyclic) bond motifs is 1. The van der Waals surface area contributed by atoms with Crippen LogP contribution in [0.2, 0.25) is 0 Å². The third-order valence-corrected chi connectivity index (χ3v) is 4.02. The van der Waals surface area contributed by atoms with Gasteiger partial charge in [0.05, 0.1) is 5.52 Å². The Balaban J connectivity index is 1.83. The number of nitrogens with one attached hydrogen (secondary N) is 1. The highest BCUT2D eigenvalue weighted by molar-refractivity contribution is 5.92. The summed E-state index contributed by atoms with van der Waals surface area (Å²) in [6, 6.07) is 22.2. The first-order valence-corrected chi connectivity index (χ1v) is 8.05. The van der Waals surface area contributed by atoms with Gasteiger partial charge >= 0.3 is 0 Å². The molecular weight excluding hydrogens is 313 g/mol. The van der Waals surface area contributed by atoms with Gasteiger partial charge in [0, 0.05) is 16.6 Å². The Morgan fingerprint density at radius 3 is 2.28 bits per heavy atom. The fraction of sp³-hybridized carbons (Fsp3) is 0.0476. The van der Waals surface area contributed by atoms with E-state index < -0.39 is 0 Å². The largest absolute Gasteiger partial charge is 0.340 e. The molecule has 0 aliphatic heterocycles. The van der Waals surface area contributed by atoms with Crippen molar-refractivity contribution in [3.63, 3.8) is 0 Å². The SMILES string of the molecule is Cc1ccc(Nc2nc(-c3ccc(F)cc3)nc3ccccc23)cc1. The van der Waals surface area contributed by atoms with E-state index in [0.717, 1.165) is 28.0 Å². The molecule has 0 bridgehead atoms. The van der Waals surface area contributed by atoms with Crippen LogP contribution in [0.25, 0.3) is 22.3 Å². The van der Waals surface area contributed by atoms with Crippen LogP contribution in [0.15, 0.2) is 72.8 Å². The molecule has 4 rings (SSSR count). The molecule has 1 aromatic heterocycles. The Morgan fingerprint density at radius 2 is 1.52 bits per heavy atom.